The van der Waals surface area contributed by atoms with Gasteiger partial charge in [0.15, 0.2) is 6.61 Å². The van der Waals surface area contributed by atoms with Gasteiger partial charge in [-0.15, -0.1) is 0 Å². The highest BCUT2D eigenvalue weighted by Crippen LogP contribution is 2.22. The Bertz CT molecular complexity index is 685. The lowest BCUT2D eigenvalue weighted by Gasteiger charge is -2.10. The molecule has 0 unspecified atom stereocenters. The molecule has 0 fully saturated rings. The van der Waals surface area contributed by atoms with E-state index in [-0.39, 0.29) is 13.0 Å². The molecule has 1 N–H and O–H groups in total. The Hall–Kier alpha value is -2.34. The summed E-state index contributed by atoms with van der Waals surface area (Å²) in [7, 11) is 1.52. The maximum Gasteiger partial charge on any atom is 0.310 e. The van der Waals surface area contributed by atoms with Crippen LogP contribution in [-0.2, 0) is 20.7 Å². The normalized spacial score (nSPS) is 10.0. The van der Waals surface area contributed by atoms with Crippen molar-refractivity contribution >= 4 is 33.5 Å². The van der Waals surface area contributed by atoms with Crippen molar-refractivity contribution in [2.75, 3.05) is 19.0 Å². The number of nitrogens with one attached hydrogen (secondary N) is 1. The topological polar surface area (TPSA) is 64.6 Å². The standard InChI is InChI=1S/C17H16BrNO4/c1-22-15-5-3-2-4-14(15)19-16(20)11-23-17(21)10-12-6-8-13(18)9-7-12/h2-9H,10-11H2,1H3,(H,19,20). The maximum atomic E-state index is 11.8. The lowest BCUT2D eigenvalue weighted by molar-refractivity contribution is -0.146. The number of amides is 1. The van der Waals surface area contributed by atoms with E-state index >= 15 is 0 Å². The van der Waals surface area contributed by atoms with Gasteiger partial charge in [0.25, 0.3) is 5.91 Å². The molecule has 1 amide bonds. The van der Waals surface area contributed by atoms with Crippen molar-refractivity contribution in [3.05, 3.63) is 58.6 Å². The van der Waals surface area contributed by atoms with Gasteiger partial charge in [-0.2, -0.15) is 0 Å². The molecule has 2 aromatic rings. The molecule has 120 valence electrons. The number of rotatable bonds is 6. The van der Waals surface area contributed by atoms with Crippen molar-refractivity contribution in [3.63, 3.8) is 0 Å². The fourth-order valence-electron chi connectivity index (χ4n) is 1.90. The minimum Gasteiger partial charge on any atom is -0.495 e. The number of halogens is 1. The largest absolute Gasteiger partial charge is 0.495 e. The van der Waals surface area contributed by atoms with E-state index in [0.29, 0.717) is 11.4 Å². The monoisotopic (exact) mass is 377 g/mol. The fourth-order valence-corrected chi connectivity index (χ4v) is 2.16. The van der Waals surface area contributed by atoms with Crippen molar-refractivity contribution in [2.45, 2.75) is 6.42 Å². The number of ether oxygens (including phenoxy) is 2. The Labute approximate surface area is 142 Å². The summed E-state index contributed by atoms with van der Waals surface area (Å²) in [6.45, 7) is -0.340. The van der Waals surface area contributed by atoms with Gasteiger partial charge < -0.3 is 14.8 Å². The van der Waals surface area contributed by atoms with Crippen molar-refractivity contribution in [2.24, 2.45) is 0 Å². The Balaban J connectivity index is 1.82. The van der Waals surface area contributed by atoms with Crippen LogP contribution in [0.4, 0.5) is 5.69 Å². The number of methoxy groups -OCH3 is 1. The summed E-state index contributed by atoms with van der Waals surface area (Å²) in [5, 5.41) is 2.64. The number of para-hydroxylation sites is 2. The summed E-state index contributed by atoms with van der Waals surface area (Å²) in [6, 6.07) is 14.3. The highest BCUT2D eigenvalue weighted by Gasteiger charge is 2.10. The second-order valence-corrected chi connectivity index (χ2v) is 5.63. The Morgan fingerprint density at radius 2 is 1.78 bits per heavy atom. The van der Waals surface area contributed by atoms with E-state index in [9.17, 15) is 9.59 Å². The second-order valence-electron chi connectivity index (χ2n) is 4.71. The van der Waals surface area contributed by atoms with Gasteiger partial charge in [0.2, 0.25) is 0 Å². The van der Waals surface area contributed by atoms with Crippen LogP contribution < -0.4 is 10.1 Å². The van der Waals surface area contributed by atoms with E-state index < -0.39 is 11.9 Å². The lowest BCUT2D eigenvalue weighted by Crippen LogP contribution is -2.21. The summed E-state index contributed by atoms with van der Waals surface area (Å²) in [5.41, 5.74) is 1.35. The molecule has 0 aliphatic heterocycles. The average molecular weight is 378 g/mol. The van der Waals surface area contributed by atoms with Crippen LogP contribution in [0.2, 0.25) is 0 Å². The molecule has 0 aromatic heterocycles. The number of benzene rings is 2. The molecule has 0 saturated heterocycles. The molecule has 0 aliphatic rings. The first kappa shape index (κ1) is 17.0. The van der Waals surface area contributed by atoms with Gasteiger partial charge in [0.05, 0.1) is 19.2 Å². The first-order valence-electron chi connectivity index (χ1n) is 6.91. The van der Waals surface area contributed by atoms with Gasteiger partial charge in [-0.3, -0.25) is 9.59 Å². The average Bonchev–Trinajstić information content (AvgIpc) is 2.55. The van der Waals surface area contributed by atoms with Gasteiger partial charge in [-0.1, -0.05) is 40.2 Å². The van der Waals surface area contributed by atoms with E-state index in [1.807, 2.05) is 24.3 Å². The van der Waals surface area contributed by atoms with E-state index in [0.717, 1.165) is 10.0 Å². The number of anilines is 1. The van der Waals surface area contributed by atoms with E-state index in [4.69, 9.17) is 9.47 Å². The van der Waals surface area contributed by atoms with E-state index in [2.05, 4.69) is 21.2 Å². The number of hydrogen-bond acceptors (Lipinski definition) is 4. The number of esters is 1. The highest BCUT2D eigenvalue weighted by atomic mass is 79.9. The molecule has 6 heteroatoms. The zero-order chi connectivity index (χ0) is 16.7. The zero-order valence-corrected chi connectivity index (χ0v) is 14.1. The molecule has 2 aromatic carbocycles. The SMILES string of the molecule is COc1ccccc1NC(=O)COC(=O)Cc1ccc(Br)cc1. The fraction of sp³-hybridized carbons (Fsp3) is 0.176. The molecule has 23 heavy (non-hydrogen) atoms. The number of carbonyl (C=O) groups excluding carboxylic acids is 2. The van der Waals surface area contributed by atoms with Crippen LogP contribution in [0.15, 0.2) is 53.0 Å². The van der Waals surface area contributed by atoms with Crippen molar-refractivity contribution < 1.29 is 19.1 Å². The summed E-state index contributed by atoms with van der Waals surface area (Å²) < 4.78 is 11.1. The van der Waals surface area contributed by atoms with Crippen LogP contribution in [0.3, 0.4) is 0 Å². The molecule has 0 atom stereocenters. The molecule has 5 nitrogen and oxygen atoms in total. The van der Waals surface area contributed by atoms with Gasteiger partial charge in [-0.25, -0.2) is 0 Å². The minimum absolute atomic E-state index is 0.120. The van der Waals surface area contributed by atoms with Gasteiger partial charge >= 0.3 is 5.97 Å². The molecule has 0 radical (unpaired) electrons. The second kappa shape index (κ2) is 8.33. The summed E-state index contributed by atoms with van der Waals surface area (Å²) in [6.07, 6.45) is 0.120. The predicted molar refractivity (Wildman–Crippen MR) is 90.4 cm³/mol. The van der Waals surface area contributed by atoms with Crippen molar-refractivity contribution in [1.82, 2.24) is 0 Å². The molecular weight excluding hydrogens is 362 g/mol. The third-order valence-electron chi connectivity index (χ3n) is 3.01. The van der Waals surface area contributed by atoms with E-state index in [1.54, 1.807) is 24.3 Å². The first-order valence-corrected chi connectivity index (χ1v) is 7.70. The van der Waals surface area contributed by atoms with Crippen LogP contribution in [0, 0.1) is 0 Å². The van der Waals surface area contributed by atoms with Crippen LogP contribution in [0.5, 0.6) is 5.75 Å². The molecule has 0 spiro atoms. The highest BCUT2D eigenvalue weighted by molar-refractivity contribution is 9.10. The van der Waals surface area contributed by atoms with Gasteiger partial charge in [0, 0.05) is 4.47 Å². The lowest BCUT2D eigenvalue weighted by atomic mass is 10.2. The van der Waals surface area contributed by atoms with Crippen LogP contribution >= 0.6 is 15.9 Å². The number of carbonyl (C=O) groups is 2. The Morgan fingerprint density at radius 3 is 2.48 bits per heavy atom. The third kappa shape index (κ3) is 5.41. The smallest absolute Gasteiger partial charge is 0.310 e. The summed E-state index contributed by atoms with van der Waals surface area (Å²) in [5.74, 6) is -0.330. The summed E-state index contributed by atoms with van der Waals surface area (Å²) >= 11 is 3.33. The number of hydrogen-bond donors (Lipinski definition) is 1. The quantitative estimate of drug-likeness (QED) is 0.785. The summed E-state index contributed by atoms with van der Waals surface area (Å²) in [4.78, 5) is 23.6. The van der Waals surface area contributed by atoms with Crippen LogP contribution in [0.25, 0.3) is 0 Å². The first-order chi connectivity index (χ1) is 11.1. The van der Waals surface area contributed by atoms with Gasteiger partial charge in [0.1, 0.15) is 5.75 Å². The molecule has 0 aliphatic carbocycles. The van der Waals surface area contributed by atoms with Crippen molar-refractivity contribution in [1.29, 1.82) is 0 Å². The maximum absolute atomic E-state index is 11.8. The molecule has 0 heterocycles. The third-order valence-corrected chi connectivity index (χ3v) is 3.54. The zero-order valence-electron chi connectivity index (χ0n) is 12.5. The van der Waals surface area contributed by atoms with Crippen molar-refractivity contribution in [3.8, 4) is 5.75 Å². The molecule has 2 rings (SSSR count). The molecule has 0 bridgehead atoms. The van der Waals surface area contributed by atoms with Crippen LogP contribution in [0.1, 0.15) is 5.56 Å². The molecule has 0 saturated carbocycles. The molecular formula is C17H16BrNO4. The minimum atomic E-state index is -0.456. The van der Waals surface area contributed by atoms with Crippen LogP contribution in [-0.4, -0.2) is 25.6 Å². The van der Waals surface area contributed by atoms with Gasteiger partial charge in [-0.05, 0) is 29.8 Å². The Kier molecular flexibility index (Phi) is 6.17. The predicted octanol–water partition coefficient (Wildman–Crippen LogP) is 3.18. The Morgan fingerprint density at radius 1 is 1.09 bits per heavy atom. The van der Waals surface area contributed by atoms with E-state index in [1.165, 1.54) is 7.11 Å².